The average Bonchev–Trinajstić information content (AvgIpc) is 2.96. The lowest BCUT2D eigenvalue weighted by Crippen LogP contribution is -2.23. The Balaban J connectivity index is 0. The van der Waals surface area contributed by atoms with Crippen molar-refractivity contribution >= 4 is 10.4 Å². The van der Waals surface area contributed by atoms with Gasteiger partial charge in [-0.15, -0.1) is 0 Å². The molecule has 8 nitrogen and oxygen atoms in total. The van der Waals surface area contributed by atoms with Gasteiger partial charge in [0.2, 0.25) is 12.7 Å². The summed E-state index contributed by atoms with van der Waals surface area (Å²) in [6, 6.07) is 0. The van der Waals surface area contributed by atoms with E-state index in [1.54, 1.807) is 0 Å². The smallest absolute Gasteiger partial charge is 0.243 e. The lowest BCUT2D eigenvalue weighted by Gasteiger charge is -2.06. The minimum absolute atomic E-state index is 0. The molecule has 0 aromatic carbocycles. The molecule has 2 aromatic rings. The van der Waals surface area contributed by atoms with Gasteiger partial charge in [0.25, 0.3) is 0 Å². The summed E-state index contributed by atoms with van der Waals surface area (Å²) in [5.74, 6) is 0. The minimum atomic E-state index is -5.17. The molecule has 128 valence electrons. The molecule has 0 N–H and O–H groups in total. The Bertz CT molecular complexity index is 571. The van der Waals surface area contributed by atoms with Crippen molar-refractivity contribution in [2.24, 2.45) is 14.1 Å². The third-order valence-corrected chi connectivity index (χ3v) is 2.38. The summed E-state index contributed by atoms with van der Waals surface area (Å²) >= 11 is 0. The van der Waals surface area contributed by atoms with Crippen LogP contribution in [0.1, 0.15) is 21.3 Å². The summed E-state index contributed by atoms with van der Waals surface area (Å²) in [5, 5.41) is 0. The zero-order chi connectivity index (χ0) is 16.5. The summed E-state index contributed by atoms with van der Waals surface area (Å²) in [6.07, 6.45) is 12.3. The Morgan fingerprint density at radius 2 is 1.18 bits per heavy atom. The summed E-state index contributed by atoms with van der Waals surface area (Å²) in [4.78, 5) is 0. The Labute approximate surface area is 132 Å². The molecule has 2 heterocycles. The lowest BCUT2D eigenvalue weighted by molar-refractivity contribution is -0.671. The second-order valence-corrected chi connectivity index (χ2v) is 5.04. The lowest BCUT2D eigenvalue weighted by atomic mass is 10.7. The van der Waals surface area contributed by atoms with Gasteiger partial charge < -0.3 is 9.11 Å². The normalized spacial score (nSPS) is 9.73. The van der Waals surface area contributed by atoms with Crippen LogP contribution in [0.4, 0.5) is 0 Å². The van der Waals surface area contributed by atoms with Crippen LogP contribution in [0.15, 0.2) is 37.4 Å². The third kappa shape index (κ3) is 13.3. The van der Waals surface area contributed by atoms with Crippen molar-refractivity contribution < 1.29 is 26.7 Å². The van der Waals surface area contributed by atoms with Crippen molar-refractivity contribution in [2.75, 3.05) is 0 Å². The van der Waals surface area contributed by atoms with Crippen LogP contribution in [0.5, 0.6) is 0 Å². The SMILES string of the molecule is C.CCn1cc[n+](C)c1.CCn1cc[n+](C)c1.O=S(=O)([O-])[O-]. The molecule has 0 aliphatic heterocycles. The molecule has 9 heteroatoms. The molecular formula is C13H26N4O4S. The molecule has 0 unspecified atom stereocenters. The predicted octanol–water partition coefficient (Wildman–Crippen LogP) is -0.0369. The number of hydrogen-bond acceptors (Lipinski definition) is 4. The summed E-state index contributed by atoms with van der Waals surface area (Å²) in [6.45, 7) is 6.36. The van der Waals surface area contributed by atoms with Crippen LogP contribution in [0.25, 0.3) is 0 Å². The third-order valence-electron chi connectivity index (χ3n) is 2.38. The highest BCUT2D eigenvalue weighted by Gasteiger charge is 1.92. The molecule has 0 saturated heterocycles. The maximum atomic E-state index is 8.52. The van der Waals surface area contributed by atoms with Crippen LogP contribution < -0.4 is 9.13 Å². The maximum absolute atomic E-state index is 8.52. The summed E-state index contributed by atoms with van der Waals surface area (Å²) in [5.41, 5.74) is 0. The molecule has 0 spiro atoms. The Kier molecular flexibility index (Phi) is 11.2. The monoisotopic (exact) mass is 334 g/mol. The molecule has 2 aromatic heterocycles. The Morgan fingerprint density at radius 1 is 0.909 bits per heavy atom. The second-order valence-electron chi connectivity index (χ2n) is 4.23. The van der Waals surface area contributed by atoms with Gasteiger partial charge >= 0.3 is 0 Å². The molecule has 0 atom stereocenters. The van der Waals surface area contributed by atoms with Crippen molar-refractivity contribution in [1.82, 2.24) is 9.13 Å². The molecule has 0 amide bonds. The molecule has 0 saturated carbocycles. The van der Waals surface area contributed by atoms with Gasteiger partial charge in [-0.25, -0.2) is 18.3 Å². The largest absolute Gasteiger partial charge is 0.759 e. The highest BCUT2D eigenvalue weighted by molar-refractivity contribution is 7.79. The number of imidazole rings is 2. The van der Waals surface area contributed by atoms with Crippen molar-refractivity contribution in [2.45, 2.75) is 34.4 Å². The van der Waals surface area contributed by atoms with E-state index >= 15 is 0 Å². The second kappa shape index (κ2) is 10.9. The van der Waals surface area contributed by atoms with Crippen molar-refractivity contribution in [3.8, 4) is 0 Å². The first-order valence-electron chi connectivity index (χ1n) is 6.34. The zero-order valence-electron chi connectivity index (χ0n) is 12.7. The predicted molar refractivity (Wildman–Crippen MR) is 79.8 cm³/mol. The Hall–Kier alpha value is -1.71. The van der Waals surface area contributed by atoms with E-state index in [2.05, 4.69) is 48.0 Å². The molecule has 0 fully saturated rings. The topological polar surface area (TPSA) is 97.9 Å². The van der Waals surface area contributed by atoms with E-state index in [1.807, 2.05) is 35.6 Å². The number of hydrogen-bond donors (Lipinski definition) is 0. The zero-order valence-corrected chi connectivity index (χ0v) is 13.5. The van der Waals surface area contributed by atoms with E-state index < -0.39 is 10.4 Å². The van der Waals surface area contributed by atoms with Crippen molar-refractivity contribution in [1.29, 1.82) is 0 Å². The first-order chi connectivity index (χ1) is 9.65. The maximum Gasteiger partial charge on any atom is 0.243 e. The van der Waals surface area contributed by atoms with Crippen molar-refractivity contribution in [3.05, 3.63) is 37.4 Å². The van der Waals surface area contributed by atoms with Crippen molar-refractivity contribution in [3.63, 3.8) is 0 Å². The molecule has 0 radical (unpaired) electrons. The van der Waals surface area contributed by atoms with Crippen LogP contribution in [-0.2, 0) is 37.6 Å². The number of aromatic nitrogens is 4. The van der Waals surface area contributed by atoms with E-state index in [-0.39, 0.29) is 7.43 Å². The van der Waals surface area contributed by atoms with Gasteiger partial charge in [-0.2, -0.15) is 0 Å². The van der Waals surface area contributed by atoms with Gasteiger partial charge in [-0.05, 0) is 13.8 Å². The van der Waals surface area contributed by atoms with Crippen LogP contribution >= 0.6 is 0 Å². The van der Waals surface area contributed by atoms with E-state index in [0.717, 1.165) is 13.1 Å². The van der Waals surface area contributed by atoms with Gasteiger partial charge in [0.15, 0.2) is 0 Å². The number of nitrogens with zero attached hydrogens (tertiary/aromatic N) is 4. The number of aryl methyl sites for hydroxylation is 4. The van der Waals surface area contributed by atoms with Gasteiger partial charge in [0.05, 0.1) is 27.2 Å². The van der Waals surface area contributed by atoms with Gasteiger partial charge in [-0.1, -0.05) is 7.43 Å². The quantitative estimate of drug-likeness (QED) is 0.437. The first-order valence-corrected chi connectivity index (χ1v) is 7.67. The fourth-order valence-electron chi connectivity index (χ4n) is 1.38. The minimum Gasteiger partial charge on any atom is -0.759 e. The molecule has 0 bridgehead atoms. The van der Waals surface area contributed by atoms with Crippen LogP contribution in [0, 0.1) is 0 Å². The van der Waals surface area contributed by atoms with E-state index in [9.17, 15) is 0 Å². The van der Waals surface area contributed by atoms with E-state index in [1.165, 1.54) is 0 Å². The fraction of sp³-hybridized carbons (Fsp3) is 0.538. The highest BCUT2D eigenvalue weighted by atomic mass is 32.3. The van der Waals surface area contributed by atoms with Gasteiger partial charge in [0.1, 0.15) is 24.8 Å². The molecule has 0 aliphatic carbocycles. The summed E-state index contributed by atoms with van der Waals surface area (Å²) in [7, 11) is -1.13. The first kappa shape index (κ1) is 22.6. The molecule has 22 heavy (non-hydrogen) atoms. The molecule has 2 rings (SSSR count). The van der Waals surface area contributed by atoms with Crippen LogP contribution in [0.3, 0.4) is 0 Å². The average molecular weight is 334 g/mol. The number of rotatable bonds is 2. The molecule has 0 aliphatic rings. The fourth-order valence-corrected chi connectivity index (χ4v) is 1.38. The highest BCUT2D eigenvalue weighted by Crippen LogP contribution is 1.79. The Morgan fingerprint density at radius 3 is 1.27 bits per heavy atom. The van der Waals surface area contributed by atoms with Crippen LogP contribution in [0.2, 0.25) is 0 Å². The molecular weight excluding hydrogens is 308 g/mol. The van der Waals surface area contributed by atoms with Gasteiger partial charge in [0, 0.05) is 10.4 Å². The van der Waals surface area contributed by atoms with Gasteiger partial charge in [-0.3, -0.25) is 8.42 Å². The standard InChI is InChI=1S/2C6H11N2.CH4.H2O4S/c2*1-3-8-5-4-7(2)6-8;;1-5(2,3)4/h2*4-6H,3H2,1-2H3;1H4;(H2,1,2,3,4)/q2*+1;;/p-2. The van der Waals surface area contributed by atoms with E-state index in [0.29, 0.717) is 0 Å². The summed E-state index contributed by atoms with van der Waals surface area (Å²) < 4.78 is 42.4. The van der Waals surface area contributed by atoms with E-state index in [4.69, 9.17) is 17.5 Å². The van der Waals surface area contributed by atoms with Crippen LogP contribution in [-0.4, -0.2) is 26.7 Å².